The lowest BCUT2D eigenvalue weighted by atomic mass is 10.1. The average molecular weight is 373 g/mol. The zero-order valence-electron chi connectivity index (χ0n) is 15.1. The topological polar surface area (TPSA) is 66.5 Å². The van der Waals surface area contributed by atoms with Crippen LogP contribution in [-0.2, 0) is 14.8 Å². The van der Waals surface area contributed by atoms with E-state index in [4.69, 9.17) is 0 Å². The third-order valence-corrected chi connectivity index (χ3v) is 6.43. The van der Waals surface area contributed by atoms with Gasteiger partial charge in [-0.25, -0.2) is 12.7 Å². The summed E-state index contributed by atoms with van der Waals surface area (Å²) in [6.45, 7) is 6.23. The van der Waals surface area contributed by atoms with Crippen molar-refractivity contribution in [2.75, 3.05) is 25.6 Å². The molecule has 0 saturated carbocycles. The average Bonchev–Trinajstić information content (AvgIpc) is 2.51. The van der Waals surface area contributed by atoms with E-state index in [2.05, 4.69) is 19.2 Å². The monoisotopic (exact) mass is 372 g/mol. The molecule has 1 aromatic carbocycles. The number of rotatable bonds is 9. The first kappa shape index (κ1) is 21.0. The summed E-state index contributed by atoms with van der Waals surface area (Å²) in [5, 5.41) is 2.95. The summed E-state index contributed by atoms with van der Waals surface area (Å²) in [4.78, 5) is 12.2. The number of nitrogens with zero attached hydrogens (tertiary/aromatic N) is 1. The first-order valence-corrected chi connectivity index (χ1v) is 10.6. The van der Waals surface area contributed by atoms with Gasteiger partial charge in [-0.3, -0.25) is 4.79 Å². The molecule has 0 aliphatic rings. The third kappa shape index (κ3) is 6.45. The number of nitrogens with one attached hydrogen (secondary N) is 1. The van der Waals surface area contributed by atoms with E-state index in [1.54, 1.807) is 36.0 Å². The number of benzene rings is 1. The predicted octanol–water partition coefficient (Wildman–Crippen LogP) is 2.89. The number of carbonyl (C=O) groups excluding carboxylic acids is 1. The Labute approximate surface area is 150 Å². The van der Waals surface area contributed by atoms with Crippen molar-refractivity contribution in [1.29, 1.82) is 0 Å². The van der Waals surface area contributed by atoms with E-state index in [0.29, 0.717) is 11.7 Å². The van der Waals surface area contributed by atoms with Gasteiger partial charge in [-0.05, 0) is 42.7 Å². The molecule has 7 heteroatoms. The summed E-state index contributed by atoms with van der Waals surface area (Å²) in [7, 11) is -0.416. The molecular formula is C17H28N2O3S2. The van der Waals surface area contributed by atoms with Gasteiger partial charge in [0.15, 0.2) is 0 Å². The molecule has 0 saturated heterocycles. The van der Waals surface area contributed by atoms with Gasteiger partial charge in [-0.1, -0.05) is 26.0 Å². The van der Waals surface area contributed by atoms with Crippen LogP contribution < -0.4 is 5.32 Å². The fourth-order valence-corrected chi connectivity index (χ4v) is 3.94. The Morgan fingerprint density at radius 1 is 1.17 bits per heavy atom. The Bertz CT molecular complexity index is 626. The second-order valence-electron chi connectivity index (χ2n) is 6.38. The van der Waals surface area contributed by atoms with Gasteiger partial charge < -0.3 is 5.32 Å². The molecule has 1 unspecified atom stereocenters. The molecule has 0 radical (unpaired) electrons. The third-order valence-electron chi connectivity index (χ3n) is 3.61. The summed E-state index contributed by atoms with van der Waals surface area (Å²) in [5.41, 5.74) is 0.883. The summed E-state index contributed by atoms with van der Waals surface area (Å²) >= 11 is 1.64. The van der Waals surface area contributed by atoms with Gasteiger partial charge in [0.1, 0.15) is 0 Å². The molecule has 0 aliphatic carbocycles. The highest BCUT2D eigenvalue weighted by Crippen LogP contribution is 2.18. The Morgan fingerprint density at radius 3 is 2.25 bits per heavy atom. The minimum absolute atomic E-state index is 0.00115. The van der Waals surface area contributed by atoms with Crippen LogP contribution in [0.5, 0.6) is 0 Å². The smallest absolute Gasteiger partial charge is 0.242 e. The van der Waals surface area contributed by atoms with Crippen LogP contribution in [0.3, 0.4) is 0 Å². The van der Waals surface area contributed by atoms with Crippen LogP contribution in [0, 0.1) is 5.92 Å². The van der Waals surface area contributed by atoms with E-state index in [9.17, 15) is 13.2 Å². The van der Waals surface area contributed by atoms with E-state index in [1.165, 1.54) is 18.4 Å². The zero-order chi connectivity index (χ0) is 18.3. The highest BCUT2D eigenvalue weighted by atomic mass is 32.2. The molecule has 24 heavy (non-hydrogen) atoms. The van der Waals surface area contributed by atoms with Crippen molar-refractivity contribution in [1.82, 2.24) is 9.62 Å². The normalized spacial score (nSPS) is 13.3. The van der Waals surface area contributed by atoms with Crippen molar-refractivity contribution in [3.8, 4) is 0 Å². The molecule has 1 N–H and O–H groups in total. The lowest BCUT2D eigenvalue weighted by Gasteiger charge is -2.16. The van der Waals surface area contributed by atoms with E-state index >= 15 is 0 Å². The van der Waals surface area contributed by atoms with Crippen LogP contribution in [0.15, 0.2) is 29.2 Å². The second kappa shape index (κ2) is 9.44. The highest BCUT2D eigenvalue weighted by Gasteiger charge is 2.17. The van der Waals surface area contributed by atoms with Crippen LogP contribution in [0.1, 0.15) is 38.8 Å². The summed E-state index contributed by atoms with van der Waals surface area (Å²) in [6.07, 6.45) is 1.11. The van der Waals surface area contributed by atoms with Gasteiger partial charge in [0.25, 0.3) is 0 Å². The largest absolute Gasteiger partial charge is 0.349 e. The molecule has 0 spiro atoms. The standard InChI is InChI=1S/C17H28N2O3S2/c1-13(2)10-11-23-12-17(20)18-14(3)15-6-8-16(9-7-15)24(21,22)19(4)5/h6-9,13-14H,10-12H2,1-5H3,(H,18,20). The minimum atomic E-state index is -3.42. The van der Waals surface area contributed by atoms with E-state index < -0.39 is 10.0 Å². The maximum absolute atomic E-state index is 12.0. The lowest BCUT2D eigenvalue weighted by molar-refractivity contribution is -0.119. The molecule has 5 nitrogen and oxygen atoms in total. The number of carbonyl (C=O) groups is 1. The number of hydrogen-bond donors (Lipinski definition) is 1. The maximum Gasteiger partial charge on any atom is 0.242 e. The summed E-state index contributed by atoms with van der Waals surface area (Å²) < 4.78 is 25.3. The van der Waals surface area contributed by atoms with Crippen molar-refractivity contribution in [3.05, 3.63) is 29.8 Å². The number of sulfonamides is 1. The van der Waals surface area contributed by atoms with E-state index in [-0.39, 0.29) is 16.8 Å². The van der Waals surface area contributed by atoms with Crippen LogP contribution >= 0.6 is 11.8 Å². The molecule has 0 fully saturated rings. The highest BCUT2D eigenvalue weighted by molar-refractivity contribution is 7.99. The van der Waals surface area contributed by atoms with Crippen molar-refractivity contribution in [2.45, 2.75) is 38.1 Å². The molecule has 0 heterocycles. The van der Waals surface area contributed by atoms with Gasteiger partial charge in [0.2, 0.25) is 15.9 Å². The van der Waals surface area contributed by atoms with E-state index in [0.717, 1.165) is 17.7 Å². The fraction of sp³-hybridized carbons (Fsp3) is 0.588. The van der Waals surface area contributed by atoms with E-state index in [1.807, 2.05) is 6.92 Å². The second-order valence-corrected chi connectivity index (χ2v) is 9.64. The fourth-order valence-electron chi connectivity index (χ4n) is 1.99. The molecule has 1 rings (SSSR count). The number of hydrogen-bond acceptors (Lipinski definition) is 4. The van der Waals surface area contributed by atoms with Gasteiger partial charge in [-0.15, -0.1) is 0 Å². The molecule has 0 aromatic heterocycles. The molecule has 1 amide bonds. The van der Waals surface area contributed by atoms with Gasteiger partial charge in [-0.2, -0.15) is 11.8 Å². The Balaban J connectivity index is 2.56. The Morgan fingerprint density at radius 2 is 1.75 bits per heavy atom. The van der Waals surface area contributed by atoms with Crippen LogP contribution in [0.4, 0.5) is 0 Å². The predicted molar refractivity (Wildman–Crippen MR) is 101 cm³/mol. The SMILES string of the molecule is CC(C)CCSCC(=O)NC(C)c1ccc(S(=O)(=O)N(C)C)cc1. The quantitative estimate of drug-likeness (QED) is 0.677. The molecule has 1 atom stereocenters. The van der Waals surface area contributed by atoms with Crippen LogP contribution in [0.25, 0.3) is 0 Å². The Kier molecular flexibility index (Phi) is 8.26. The molecule has 136 valence electrons. The maximum atomic E-state index is 12.0. The van der Waals surface area contributed by atoms with Crippen molar-refractivity contribution < 1.29 is 13.2 Å². The van der Waals surface area contributed by atoms with Crippen LogP contribution in [0.2, 0.25) is 0 Å². The van der Waals surface area contributed by atoms with Gasteiger partial charge in [0, 0.05) is 14.1 Å². The molecule has 0 aliphatic heterocycles. The summed E-state index contributed by atoms with van der Waals surface area (Å²) in [5.74, 6) is 2.08. The molecular weight excluding hydrogens is 344 g/mol. The van der Waals surface area contributed by atoms with Crippen molar-refractivity contribution in [2.24, 2.45) is 5.92 Å². The van der Waals surface area contributed by atoms with Gasteiger partial charge in [0.05, 0.1) is 16.7 Å². The molecule has 1 aromatic rings. The Hall–Kier alpha value is -1.05. The van der Waals surface area contributed by atoms with Crippen molar-refractivity contribution in [3.63, 3.8) is 0 Å². The molecule has 0 bridgehead atoms. The zero-order valence-corrected chi connectivity index (χ0v) is 16.7. The van der Waals surface area contributed by atoms with Crippen LogP contribution in [-0.4, -0.2) is 44.2 Å². The summed E-state index contributed by atoms with van der Waals surface area (Å²) in [6, 6.07) is 6.48. The number of amides is 1. The first-order valence-electron chi connectivity index (χ1n) is 8.04. The minimum Gasteiger partial charge on any atom is -0.349 e. The van der Waals surface area contributed by atoms with Crippen molar-refractivity contribution >= 4 is 27.7 Å². The first-order chi connectivity index (χ1) is 11.1. The van der Waals surface area contributed by atoms with Gasteiger partial charge >= 0.3 is 0 Å². The number of thioether (sulfide) groups is 1. The lowest BCUT2D eigenvalue weighted by Crippen LogP contribution is -2.28.